The lowest BCUT2D eigenvalue weighted by Gasteiger charge is -2.21. The van der Waals surface area contributed by atoms with Gasteiger partial charge in [0.05, 0.1) is 20.8 Å². The van der Waals surface area contributed by atoms with E-state index in [4.69, 9.17) is 0 Å². The van der Waals surface area contributed by atoms with Crippen molar-refractivity contribution in [2.45, 2.75) is 44.6 Å². The topological polar surface area (TPSA) is 33.1 Å². The van der Waals surface area contributed by atoms with Gasteiger partial charge in [0.2, 0.25) is 0 Å². The van der Waals surface area contributed by atoms with Crippen LogP contribution in [0.2, 0.25) is 0 Å². The van der Waals surface area contributed by atoms with Crippen molar-refractivity contribution in [3.05, 3.63) is 29.3 Å². The van der Waals surface area contributed by atoms with E-state index in [1.807, 2.05) is 18.2 Å². The Labute approximate surface area is 112 Å². The average Bonchev–Trinajstić information content (AvgIpc) is 2.92. The summed E-state index contributed by atoms with van der Waals surface area (Å²) in [6.45, 7) is 2.22. The Hall–Kier alpha value is -0.930. The molecule has 0 spiro atoms. The van der Waals surface area contributed by atoms with E-state index in [1.165, 1.54) is 11.1 Å². The smallest absolute Gasteiger partial charge is 0.0967 e. The van der Waals surface area contributed by atoms with Gasteiger partial charge in [-0.1, -0.05) is 25.5 Å². The largest absolute Gasteiger partial charge is 0.389 e. The normalized spacial score (nSPS) is 28.0. The minimum absolute atomic E-state index is 0.505. The van der Waals surface area contributed by atoms with Gasteiger partial charge in [0.25, 0.3) is 0 Å². The van der Waals surface area contributed by atoms with Gasteiger partial charge in [-0.2, -0.15) is 0 Å². The van der Waals surface area contributed by atoms with Gasteiger partial charge in [-0.3, -0.25) is 0 Å². The van der Waals surface area contributed by atoms with Crippen molar-refractivity contribution in [3.63, 3.8) is 0 Å². The Kier molecular flexibility index (Phi) is 3.12. The van der Waals surface area contributed by atoms with Crippen LogP contribution in [0.5, 0.6) is 0 Å². The minimum atomic E-state index is -0.505. The van der Waals surface area contributed by atoms with E-state index >= 15 is 0 Å². The molecule has 1 aliphatic carbocycles. The van der Waals surface area contributed by atoms with Crippen LogP contribution in [0.4, 0.5) is 0 Å². The molecule has 0 amide bonds. The molecule has 1 N–H and O–H groups in total. The van der Waals surface area contributed by atoms with E-state index in [0.29, 0.717) is 5.92 Å². The minimum Gasteiger partial charge on any atom is -0.389 e. The molecule has 3 rings (SSSR count). The summed E-state index contributed by atoms with van der Waals surface area (Å²) >= 11 is 1.72. The molecule has 1 fully saturated rings. The second kappa shape index (κ2) is 4.63. The van der Waals surface area contributed by atoms with E-state index < -0.39 is 5.60 Å². The van der Waals surface area contributed by atoms with E-state index in [2.05, 4.69) is 18.0 Å². The second-order valence-corrected chi connectivity index (χ2v) is 6.61. The van der Waals surface area contributed by atoms with E-state index in [9.17, 15) is 5.11 Å². The van der Waals surface area contributed by atoms with Crippen molar-refractivity contribution in [2.24, 2.45) is 5.92 Å². The van der Waals surface area contributed by atoms with Gasteiger partial charge in [-0.15, -0.1) is 11.3 Å². The van der Waals surface area contributed by atoms with Crippen molar-refractivity contribution in [3.8, 4) is 0 Å². The molecule has 2 aromatic rings. The highest BCUT2D eigenvalue weighted by Gasteiger charge is 2.37. The van der Waals surface area contributed by atoms with Crippen molar-refractivity contribution in [2.75, 3.05) is 0 Å². The predicted octanol–water partition coefficient (Wildman–Crippen LogP) is 3.78. The molecule has 0 aliphatic heterocycles. The monoisotopic (exact) mass is 261 g/mol. The summed E-state index contributed by atoms with van der Waals surface area (Å²) in [4.78, 5) is 4.63. The highest BCUT2D eigenvalue weighted by molar-refractivity contribution is 7.18. The van der Waals surface area contributed by atoms with E-state index in [1.54, 1.807) is 11.3 Å². The molecule has 1 aliphatic rings. The molecule has 18 heavy (non-hydrogen) atoms. The first kappa shape index (κ1) is 12.1. The van der Waals surface area contributed by atoms with Crippen LogP contribution in [0.15, 0.2) is 24.3 Å². The van der Waals surface area contributed by atoms with Crippen molar-refractivity contribution in [1.82, 2.24) is 4.98 Å². The van der Waals surface area contributed by atoms with Gasteiger partial charge in [0, 0.05) is 6.42 Å². The van der Waals surface area contributed by atoms with Gasteiger partial charge in [0.1, 0.15) is 0 Å². The maximum atomic E-state index is 10.6. The lowest BCUT2D eigenvalue weighted by molar-refractivity contribution is 0.0437. The molecule has 3 heteroatoms. The zero-order valence-electron chi connectivity index (χ0n) is 10.7. The van der Waals surface area contributed by atoms with Crippen LogP contribution in [0.1, 0.15) is 37.6 Å². The molecule has 1 heterocycles. The highest BCUT2D eigenvalue weighted by Crippen LogP contribution is 2.39. The van der Waals surface area contributed by atoms with Crippen LogP contribution in [-0.4, -0.2) is 15.7 Å². The van der Waals surface area contributed by atoms with Crippen molar-refractivity contribution >= 4 is 21.6 Å². The number of rotatable bonds is 3. The van der Waals surface area contributed by atoms with Crippen LogP contribution in [0.25, 0.3) is 10.2 Å². The molecule has 96 valence electrons. The van der Waals surface area contributed by atoms with Crippen LogP contribution in [-0.2, 0) is 6.42 Å². The number of fused-ring (bicyclic) bond motifs is 1. The summed E-state index contributed by atoms with van der Waals surface area (Å²) in [5.41, 5.74) is 0.556. The first-order chi connectivity index (χ1) is 8.68. The molecule has 1 saturated carbocycles. The summed E-state index contributed by atoms with van der Waals surface area (Å²) in [5, 5.41) is 11.7. The Bertz CT molecular complexity index is 517. The number of thiazole rings is 1. The number of aromatic nitrogens is 1. The molecule has 1 aromatic carbocycles. The summed E-state index contributed by atoms with van der Waals surface area (Å²) in [5.74, 6) is 0.698. The Morgan fingerprint density at radius 2 is 2.28 bits per heavy atom. The lowest BCUT2D eigenvalue weighted by Crippen LogP contribution is -2.27. The zero-order valence-corrected chi connectivity index (χ0v) is 11.5. The molecule has 2 unspecified atom stereocenters. The second-order valence-electron chi connectivity index (χ2n) is 5.49. The highest BCUT2D eigenvalue weighted by atomic mass is 32.1. The molecule has 0 bridgehead atoms. The SMILES string of the molecule is CCC1CCC(O)(Cc2nc3ccccc3s2)C1. The Morgan fingerprint density at radius 3 is 3.00 bits per heavy atom. The average molecular weight is 261 g/mol. The van der Waals surface area contributed by atoms with Gasteiger partial charge in [0.15, 0.2) is 0 Å². The number of hydrogen-bond acceptors (Lipinski definition) is 3. The third-order valence-corrected chi connectivity index (χ3v) is 5.12. The predicted molar refractivity (Wildman–Crippen MR) is 75.9 cm³/mol. The summed E-state index contributed by atoms with van der Waals surface area (Å²) in [6, 6.07) is 8.21. The first-order valence-electron chi connectivity index (χ1n) is 6.75. The molecule has 0 saturated heterocycles. The van der Waals surface area contributed by atoms with Crippen LogP contribution < -0.4 is 0 Å². The summed E-state index contributed by atoms with van der Waals surface area (Å²) in [7, 11) is 0. The maximum absolute atomic E-state index is 10.6. The van der Waals surface area contributed by atoms with Crippen LogP contribution in [0, 0.1) is 5.92 Å². The number of hydrogen-bond donors (Lipinski definition) is 1. The Balaban J connectivity index is 1.80. The number of nitrogens with zero attached hydrogens (tertiary/aromatic N) is 1. The fraction of sp³-hybridized carbons (Fsp3) is 0.533. The number of para-hydroxylation sites is 1. The summed E-state index contributed by atoms with van der Waals surface area (Å²) < 4.78 is 1.22. The number of aliphatic hydroxyl groups is 1. The fourth-order valence-electron chi connectivity index (χ4n) is 3.00. The van der Waals surface area contributed by atoms with Gasteiger partial charge in [-0.25, -0.2) is 4.98 Å². The lowest BCUT2D eigenvalue weighted by atomic mass is 9.96. The zero-order chi connectivity index (χ0) is 12.6. The first-order valence-corrected chi connectivity index (χ1v) is 7.57. The Morgan fingerprint density at radius 1 is 1.44 bits per heavy atom. The quantitative estimate of drug-likeness (QED) is 0.912. The van der Waals surface area contributed by atoms with Gasteiger partial charge < -0.3 is 5.11 Å². The molecule has 0 radical (unpaired) electrons. The molecular weight excluding hydrogens is 242 g/mol. The van der Waals surface area contributed by atoms with Gasteiger partial charge >= 0.3 is 0 Å². The third kappa shape index (κ3) is 2.29. The van der Waals surface area contributed by atoms with Crippen molar-refractivity contribution < 1.29 is 5.11 Å². The standard InChI is InChI=1S/C15H19NOS/c1-2-11-7-8-15(17,9-11)10-14-16-12-5-3-4-6-13(12)18-14/h3-6,11,17H,2,7-10H2,1H3. The molecular formula is C15H19NOS. The van der Waals surface area contributed by atoms with E-state index in [0.717, 1.165) is 36.2 Å². The van der Waals surface area contributed by atoms with Crippen LogP contribution in [0.3, 0.4) is 0 Å². The third-order valence-electron chi connectivity index (χ3n) is 4.08. The molecule has 2 nitrogen and oxygen atoms in total. The van der Waals surface area contributed by atoms with Crippen molar-refractivity contribution in [1.29, 1.82) is 0 Å². The fourth-order valence-corrected chi connectivity index (χ4v) is 4.10. The van der Waals surface area contributed by atoms with E-state index in [-0.39, 0.29) is 0 Å². The number of benzene rings is 1. The van der Waals surface area contributed by atoms with Gasteiger partial charge in [-0.05, 0) is 37.3 Å². The van der Waals surface area contributed by atoms with Crippen LogP contribution >= 0.6 is 11.3 Å². The summed E-state index contributed by atoms with van der Waals surface area (Å²) in [6.07, 6.45) is 4.95. The molecule has 1 aromatic heterocycles. The maximum Gasteiger partial charge on any atom is 0.0967 e. The molecule has 2 atom stereocenters.